The van der Waals surface area contributed by atoms with Crippen molar-refractivity contribution >= 4 is 0 Å². The van der Waals surface area contributed by atoms with Crippen molar-refractivity contribution in [2.24, 2.45) is 5.41 Å². The second-order valence-corrected chi connectivity index (χ2v) is 6.73. The van der Waals surface area contributed by atoms with E-state index < -0.39 is 5.54 Å². The molecule has 0 amide bonds. The molecule has 3 heteroatoms. The first-order chi connectivity index (χ1) is 8.07. The lowest BCUT2D eigenvalue weighted by Gasteiger charge is -2.41. The van der Waals surface area contributed by atoms with E-state index in [0.717, 1.165) is 13.0 Å². The van der Waals surface area contributed by atoms with Crippen LogP contribution < -0.4 is 5.32 Å². The molecule has 106 valence electrons. The van der Waals surface area contributed by atoms with Gasteiger partial charge in [0.05, 0.1) is 6.07 Å². The summed E-state index contributed by atoms with van der Waals surface area (Å²) in [5.74, 6) is 0. The highest BCUT2D eigenvalue weighted by Gasteiger charge is 2.31. The molecular formula is C15H31N3. The van der Waals surface area contributed by atoms with Gasteiger partial charge in [-0.3, -0.25) is 5.32 Å². The number of hydrogen-bond donors (Lipinski definition) is 1. The van der Waals surface area contributed by atoms with E-state index in [1.54, 1.807) is 0 Å². The summed E-state index contributed by atoms with van der Waals surface area (Å²) < 4.78 is 0. The summed E-state index contributed by atoms with van der Waals surface area (Å²) in [7, 11) is 2.16. The molecule has 0 aromatic rings. The summed E-state index contributed by atoms with van der Waals surface area (Å²) in [4.78, 5) is 2.38. The van der Waals surface area contributed by atoms with Crippen LogP contribution in [-0.2, 0) is 0 Å². The summed E-state index contributed by atoms with van der Waals surface area (Å²) in [5.41, 5.74) is -0.176. The van der Waals surface area contributed by atoms with E-state index in [0.29, 0.717) is 12.1 Å². The largest absolute Gasteiger partial charge is 0.300 e. The van der Waals surface area contributed by atoms with Gasteiger partial charge >= 0.3 is 0 Å². The Balaban J connectivity index is 4.67. The maximum atomic E-state index is 9.31. The van der Waals surface area contributed by atoms with Crippen LogP contribution >= 0.6 is 0 Å². The number of nitriles is 1. The fourth-order valence-corrected chi connectivity index (χ4v) is 2.27. The van der Waals surface area contributed by atoms with Crippen LogP contribution in [0.2, 0.25) is 0 Å². The van der Waals surface area contributed by atoms with Gasteiger partial charge in [-0.25, -0.2) is 0 Å². The molecule has 0 heterocycles. The monoisotopic (exact) mass is 253 g/mol. The van der Waals surface area contributed by atoms with Gasteiger partial charge in [-0.1, -0.05) is 27.7 Å². The van der Waals surface area contributed by atoms with Gasteiger partial charge in [0.25, 0.3) is 0 Å². The van der Waals surface area contributed by atoms with Crippen LogP contribution in [0.3, 0.4) is 0 Å². The SMILES string of the molecule is CCNC(C)(C#N)CC(C)N(C)C(C)C(C)(C)C. The number of nitrogens with one attached hydrogen (secondary N) is 1. The second kappa shape index (κ2) is 6.54. The zero-order valence-electron chi connectivity index (χ0n) is 13.5. The highest BCUT2D eigenvalue weighted by atomic mass is 15.2. The average Bonchev–Trinajstić information content (AvgIpc) is 2.26. The smallest absolute Gasteiger partial charge is 0.105 e. The first-order valence-corrected chi connectivity index (χ1v) is 6.95. The minimum atomic E-state index is -0.431. The van der Waals surface area contributed by atoms with Gasteiger partial charge in [-0.05, 0) is 46.2 Å². The highest BCUT2D eigenvalue weighted by Crippen LogP contribution is 2.26. The van der Waals surface area contributed by atoms with Crippen molar-refractivity contribution in [2.75, 3.05) is 13.6 Å². The number of nitrogens with zero attached hydrogens (tertiary/aromatic N) is 2. The lowest BCUT2D eigenvalue weighted by atomic mass is 9.85. The van der Waals surface area contributed by atoms with Crippen LogP contribution in [0.5, 0.6) is 0 Å². The van der Waals surface area contributed by atoms with Crippen LogP contribution in [-0.4, -0.2) is 36.1 Å². The van der Waals surface area contributed by atoms with Gasteiger partial charge in [0.15, 0.2) is 0 Å². The maximum Gasteiger partial charge on any atom is 0.105 e. The molecule has 0 radical (unpaired) electrons. The van der Waals surface area contributed by atoms with Crippen molar-refractivity contribution in [1.82, 2.24) is 10.2 Å². The molecule has 3 nitrogen and oxygen atoms in total. The van der Waals surface area contributed by atoms with Crippen LogP contribution in [0, 0.1) is 16.7 Å². The lowest BCUT2D eigenvalue weighted by Crippen LogP contribution is -2.50. The van der Waals surface area contributed by atoms with E-state index in [1.807, 2.05) is 13.8 Å². The molecule has 3 atom stereocenters. The Morgan fingerprint density at radius 1 is 1.22 bits per heavy atom. The minimum absolute atomic E-state index is 0.254. The van der Waals surface area contributed by atoms with Crippen molar-refractivity contribution < 1.29 is 0 Å². The predicted molar refractivity (Wildman–Crippen MR) is 78.5 cm³/mol. The topological polar surface area (TPSA) is 39.1 Å². The molecule has 0 aliphatic rings. The molecule has 0 aliphatic carbocycles. The quantitative estimate of drug-likeness (QED) is 0.791. The van der Waals surface area contributed by atoms with Crippen LogP contribution in [0.1, 0.15) is 54.9 Å². The molecule has 0 aromatic carbocycles. The highest BCUT2D eigenvalue weighted by molar-refractivity contribution is 5.05. The molecule has 0 bridgehead atoms. The zero-order chi connectivity index (χ0) is 14.6. The van der Waals surface area contributed by atoms with Gasteiger partial charge in [-0.2, -0.15) is 5.26 Å². The Labute approximate surface area is 114 Å². The third kappa shape index (κ3) is 4.96. The number of rotatable bonds is 6. The summed E-state index contributed by atoms with van der Waals surface area (Å²) in [6, 6.07) is 3.27. The third-order valence-electron chi connectivity index (χ3n) is 4.08. The Hall–Kier alpha value is -0.590. The van der Waals surface area contributed by atoms with Gasteiger partial charge in [0, 0.05) is 12.1 Å². The van der Waals surface area contributed by atoms with Crippen molar-refractivity contribution in [1.29, 1.82) is 5.26 Å². The molecule has 0 rings (SSSR count). The lowest BCUT2D eigenvalue weighted by molar-refractivity contribution is 0.0911. The summed E-state index contributed by atoms with van der Waals surface area (Å²) >= 11 is 0. The fourth-order valence-electron chi connectivity index (χ4n) is 2.27. The Morgan fingerprint density at radius 2 is 1.72 bits per heavy atom. The molecule has 0 spiro atoms. The van der Waals surface area contributed by atoms with Gasteiger partial charge in [0.2, 0.25) is 0 Å². The Bertz CT molecular complexity index is 287. The van der Waals surface area contributed by atoms with E-state index in [1.165, 1.54) is 0 Å². The second-order valence-electron chi connectivity index (χ2n) is 6.73. The first-order valence-electron chi connectivity index (χ1n) is 6.95. The van der Waals surface area contributed by atoms with E-state index in [4.69, 9.17) is 0 Å². The molecule has 3 unspecified atom stereocenters. The van der Waals surface area contributed by atoms with Crippen LogP contribution in [0.25, 0.3) is 0 Å². The summed E-state index contributed by atoms with van der Waals surface area (Å²) in [5, 5.41) is 12.6. The average molecular weight is 253 g/mol. The predicted octanol–water partition coefficient (Wildman–Crippen LogP) is 3.02. The van der Waals surface area contributed by atoms with Crippen LogP contribution in [0.4, 0.5) is 0 Å². The van der Waals surface area contributed by atoms with E-state index in [2.05, 4.69) is 58.0 Å². The molecular weight excluding hydrogens is 222 g/mol. The van der Waals surface area contributed by atoms with Crippen molar-refractivity contribution in [3.8, 4) is 6.07 Å². The standard InChI is InChI=1S/C15H31N3/c1-9-17-15(7,11-16)10-12(2)18(8)13(3)14(4,5)6/h12-13,17H,9-10H2,1-8H3. The van der Waals surface area contributed by atoms with Gasteiger partial charge in [0.1, 0.15) is 5.54 Å². The first kappa shape index (κ1) is 17.4. The van der Waals surface area contributed by atoms with Gasteiger partial charge in [-0.15, -0.1) is 0 Å². The van der Waals surface area contributed by atoms with Gasteiger partial charge < -0.3 is 4.90 Å². The fraction of sp³-hybridized carbons (Fsp3) is 0.933. The van der Waals surface area contributed by atoms with Crippen molar-refractivity contribution in [2.45, 2.75) is 72.5 Å². The van der Waals surface area contributed by atoms with E-state index in [9.17, 15) is 5.26 Å². The summed E-state index contributed by atoms with van der Waals surface area (Å²) in [6.45, 7) is 16.1. The molecule has 0 fully saturated rings. The minimum Gasteiger partial charge on any atom is -0.300 e. The molecule has 18 heavy (non-hydrogen) atoms. The third-order valence-corrected chi connectivity index (χ3v) is 4.08. The Kier molecular flexibility index (Phi) is 6.33. The van der Waals surface area contributed by atoms with Crippen molar-refractivity contribution in [3.63, 3.8) is 0 Å². The maximum absolute atomic E-state index is 9.31. The zero-order valence-corrected chi connectivity index (χ0v) is 13.5. The van der Waals surface area contributed by atoms with Crippen molar-refractivity contribution in [3.05, 3.63) is 0 Å². The Morgan fingerprint density at radius 3 is 2.06 bits per heavy atom. The molecule has 0 aliphatic heterocycles. The number of hydrogen-bond acceptors (Lipinski definition) is 3. The molecule has 1 N–H and O–H groups in total. The normalized spacial score (nSPS) is 19.1. The summed E-state index contributed by atoms with van der Waals surface area (Å²) in [6.07, 6.45) is 0.842. The molecule has 0 saturated carbocycles. The molecule has 0 saturated heterocycles. The molecule has 0 aromatic heterocycles. The van der Waals surface area contributed by atoms with E-state index >= 15 is 0 Å². The van der Waals surface area contributed by atoms with E-state index in [-0.39, 0.29) is 5.41 Å². The van der Waals surface area contributed by atoms with Crippen LogP contribution in [0.15, 0.2) is 0 Å².